The van der Waals surface area contributed by atoms with Crippen LogP contribution in [0.1, 0.15) is 39.8 Å². The molecular weight excluding hydrogens is 288 g/mol. The summed E-state index contributed by atoms with van der Waals surface area (Å²) in [5.74, 6) is -0.460. The molecule has 4 N–H and O–H groups in total. The van der Waals surface area contributed by atoms with Crippen molar-refractivity contribution < 1.29 is 9.59 Å². The van der Waals surface area contributed by atoms with E-state index < -0.39 is 0 Å². The van der Waals surface area contributed by atoms with E-state index in [0.29, 0.717) is 20.9 Å². The summed E-state index contributed by atoms with van der Waals surface area (Å²) in [4.78, 5) is 26.1. The molecule has 7 heteroatoms. The lowest BCUT2D eigenvalue weighted by atomic mass is 10.1. The van der Waals surface area contributed by atoms with Crippen molar-refractivity contribution in [3.63, 3.8) is 0 Å². The number of rotatable bonds is 5. The van der Waals surface area contributed by atoms with E-state index >= 15 is 0 Å². The molecule has 0 atom stereocenters. The molecule has 0 bridgehead atoms. The van der Waals surface area contributed by atoms with Gasteiger partial charge in [-0.25, -0.2) is 0 Å². The van der Waals surface area contributed by atoms with Crippen LogP contribution >= 0.6 is 11.3 Å². The van der Waals surface area contributed by atoms with Crippen molar-refractivity contribution in [1.29, 1.82) is 0 Å². The predicted molar refractivity (Wildman–Crippen MR) is 86.0 cm³/mol. The lowest BCUT2D eigenvalue weighted by Gasteiger charge is -2.11. The normalized spacial score (nSPS) is 15.4. The highest BCUT2D eigenvalue weighted by molar-refractivity contribution is 7.19. The molecule has 0 radical (unpaired) electrons. The summed E-state index contributed by atoms with van der Waals surface area (Å²) >= 11 is 1.25. The Morgan fingerprint density at radius 2 is 2.00 bits per heavy atom. The van der Waals surface area contributed by atoms with Gasteiger partial charge in [-0.2, -0.15) is 0 Å². The van der Waals surface area contributed by atoms with Gasteiger partial charge in [0.2, 0.25) is 0 Å². The fourth-order valence-corrected chi connectivity index (χ4v) is 3.10. The van der Waals surface area contributed by atoms with Gasteiger partial charge in [-0.15, -0.1) is 11.3 Å². The van der Waals surface area contributed by atoms with Crippen LogP contribution in [0.2, 0.25) is 0 Å². The van der Waals surface area contributed by atoms with Gasteiger partial charge in [0.05, 0.1) is 11.3 Å². The minimum absolute atomic E-state index is 0.187. The maximum atomic E-state index is 12.2. The van der Waals surface area contributed by atoms with Crippen molar-refractivity contribution in [2.45, 2.75) is 19.8 Å². The van der Waals surface area contributed by atoms with Crippen molar-refractivity contribution in [3.8, 4) is 0 Å². The van der Waals surface area contributed by atoms with Crippen molar-refractivity contribution in [3.05, 3.63) is 10.4 Å². The predicted octanol–water partition coefficient (Wildman–Crippen LogP) is 1.60. The smallest absolute Gasteiger partial charge is 0.265 e. The van der Waals surface area contributed by atoms with E-state index in [0.717, 1.165) is 6.54 Å². The van der Waals surface area contributed by atoms with Crippen molar-refractivity contribution in [1.82, 2.24) is 10.2 Å². The zero-order valence-electron chi connectivity index (χ0n) is 12.9. The first-order valence-corrected chi connectivity index (χ1v) is 7.70. The molecule has 1 aromatic rings. The Morgan fingerprint density at radius 1 is 1.38 bits per heavy atom. The van der Waals surface area contributed by atoms with Crippen LogP contribution in [-0.2, 0) is 0 Å². The first-order chi connectivity index (χ1) is 9.79. The molecule has 1 aliphatic carbocycles. The number of hydrogen-bond donors (Lipinski definition) is 3. The number of nitrogen functional groups attached to an aromatic ring is 1. The van der Waals surface area contributed by atoms with Crippen LogP contribution < -0.4 is 16.4 Å². The van der Waals surface area contributed by atoms with Gasteiger partial charge in [-0.05, 0) is 18.3 Å². The van der Waals surface area contributed by atoms with Crippen LogP contribution in [0.5, 0.6) is 0 Å². The first kappa shape index (κ1) is 15.6. The number of anilines is 2. The molecule has 2 rings (SSSR count). The molecule has 2 amide bonds. The Balaban J connectivity index is 2.34. The minimum Gasteiger partial charge on any atom is -0.397 e. The van der Waals surface area contributed by atoms with E-state index in [9.17, 15) is 9.59 Å². The number of amides is 2. The lowest BCUT2D eigenvalue weighted by molar-refractivity contribution is 0.0833. The van der Waals surface area contributed by atoms with Crippen LogP contribution in [0, 0.1) is 5.41 Å². The highest BCUT2D eigenvalue weighted by atomic mass is 32.1. The molecule has 1 fully saturated rings. The third-order valence-corrected chi connectivity index (χ3v) is 4.93. The minimum atomic E-state index is -0.273. The quantitative estimate of drug-likeness (QED) is 0.771. The number of carbonyl (C=O) groups excluding carboxylic acids is 2. The number of carbonyl (C=O) groups is 2. The van der Waals surface area contributed by atoms with E-state index in [-0.39, 0.29) is 17.5 Å². The monoisotopic (exact) mass is 310 g/mol. The van der Waals surface area contributed by atoms with Gasteiger partial charge in [0.1, 0.15) is 9.88 Å². The lowest BCUT2D eigenvalue weighted by Crippen LogP contribution is -2.23. The van der Waals surface area contributed by atoms with Gasteiger partial charge in [0.25, 0.3) is 11.8 Å². The van der Waals surface area contributed by atoms with Gasteiger partial charge in [-0.3, -0.25) is 9.59 Å². The third kappa shape index (κ3) is 3.12. The Labute approximate surface area is 128 Å². The SMILES string of the molecule is CNC(=O)c1c(NCC2(C)CC2)sc(C(=O)N(C)C)c1N. The molecule has 0 saturated heterocycles. The Morgan fingerprint density at radius 3 is 2.48 bits per heavy atom. The summed E-state index contributed by atoms with van der Waals surface area (Å²) in [5.41, 5.74) is 6.96. The van der Waals surface area contributed by atoms with E-state index in [4.69, 9.17) is 5.73 Å². The molecule has 1 aliphatic rings. The average molecular weight is 310 g/mol. The maximum Gasteiger partial charge on any atom is 0.265 e. The number of hydrogen-bond acceptors (Lipinski definition) is 5. The second-order valence-corrected chi connectivity index (χ2v) is 7.01. The summed E-state index contributed by atoms with van der Waals surface area (Å²) in [6.45, 7) is 2.98. The van der Waals surface area contributed by atoms with E-state index in [2.05, 4.69) is 17.6 Å². The first-order valence-electron chi connectivity index (χ1n) is 6.89. The summed E-state index contributed by atoms with van der Waals surface area (Å²) in [6, 6.07) is 0. The molecule has 0 aromatic carbocycles. The maximum absolute atomic E-state index is 12.2. The molecule has 1 aromatic heterocycles. The van der Waals surface area contributed by atoms with Crippen LogP contribution in [0.15, 0.2) is 0 Å². The van der Waals surface area contributed by atoms with Crippen LogP contribution in [0.4, 0.5) is 10.7 Å². The van der Waals surface area contributed by atoms with E-state index in [1.165, 1.54) is 29.1 Å². The highest BCUT2D eigenvalue weighted by Crippen LogP contribution is 2.46. The number of nitrogens with one attached hydrogen (secondary N) is 2. The topological polar surface area (TPSA) is 87.5 Å². The summed E-state index contributed by atoms with van der Waals surface area (Å²) in [7, 11) is 4.89. The second-order valence-electron chi connectivity index (χ2n) is 5.99. The van der Waals surface area contributed by atoms with Gasteiger partial charge in [0.15, 0.2) is 0 Å². The Bertz CT molecular complexity index is 576. The average Bonchev–Trinajstić information content (AvgIpc) is 3.08. The molecule has 21 heavy (non-hydrogen) atoms. The largest absolute Gasteiger partial charge is 0.397 e. The zero-order valence-corrected chi connectivity index (χ0v) is 13.7. The molecule has 0 aliphatic heterocycles. The Hall–Kier alpha value is -1.76. The van der Waals surface area contributed by atoms with Gasteiger partial charge in [-0.1, -0.05) is 6.92 Å². The van der Waals surface area contributed by atoms with Gasteiger partial charge < -0.3 is 21.3 Å². The zero-order chi connectivity index (χ0) is 15.8. The summed E-state index contributed by atoms with van der Waals surface area (Å²) in [5, 5.41) is 6.54. The summed E-state index contributed by atoms with van der Waals surface area (Å²) < 4.78 is 0. The summed E-state index contributed by atoms with van der Waals surface area (Å²) in [6.07, 6.45) is 2.36. The molecular formula is C14H22N4O2S. The second kappa shape index (κ2) is 5.55. The number of nitrogens with two attached hydrogens (primary N) is 1. The molecule has 1 heterocycles. The Kier molecular flexibility index (Phi) is 4.13. The number of thiophene rings is 1. The van der Waals surface area contributed by atoms with Crippen LogP contribution in [0.3, 0.4) is 0 Å². The van der Waals surface area contributed by atoms with Crippen LogP contribution in [0.25, 0.3) is 0 Å². The molecule has 1 saturated carbocycles. The van der Waals surface area contributed by atoms with Crippen molar-refractivity contribution in [2.75, 3.05) is 38.7 Å². The number of nitrogens with zero attached hydrogens (tertiary/aromatic N) is 1. The van der Waals surface area contributed by atoms with Crippen molar-refractivity contribution in [2.24, 2.45) is 5.41 Å². The molecule has 0 spiro atoms. The highest BCUT2D eigenvalue weighted by Gasteiger charge is 2.37. The van der Waals surface area contributed by atoms with Gasteiger partial charge >= 0.3 is 0 Å². The van der Waals surface area contributed by atoms with Crippen LogP contribution in [-0.4, -0.2) is 44.4 Å². The van der Waals surface area contributed by atoms with Crippen molar-refractivity contribution >= 4 is 33.8 Å². The molecule has 0 unspecified atom stereocenters. The van der Waals surface area contributed by atoms with Gasteiger partial charge in [0, 0.05) is 27.7 Å². The van der Waals surface area contributed by atoms with E-state index in [1.54, 1.807) is 21.1 Å². The third-order valence-electron chi connectivity index (χ3n) is 3.78. The molecule has 6 nitrogen and oxygen atoms in total. The fraction of sp³-hybridized carbons (Fsp3) is 0.571. The molecule has 116 valence electrons. The fourth-order valence-electron chi connectivity index (χ4n) is 1.96. The standard InChI is InChI=1S/C14H22N4O2S/c1-14(5-6-14)7-17-12-8(11(19)16-2)9(15)10(21-12)13(20)18(3)4/h17H,5-7,15H2,1-4H3,(H,16,19). The van der Waals surface area contributed by atoms with E-state index in [1.807, 2.05) is 0 Å².